The van der Waals surface area contributed by atoms with E-state index in [2.05, 4.69) is 27.7 Å². The maximum atomic E-state index is 12.4. The maximum Gasteiger partial charge on any atom is 0.312 e. The molecule has 0 amide bonds. The summed E-state index contributed by atoms with van der Waals surface area (Å²) < 4.78 is 5.79. The summed E-state index contributed by atoms with van der Waals surface area (Å²) in [6.45, 7) is 8.50. The van der Waals surface area contributed by atoms with Crippen molar-refractivity contribution in [1.82, 2.24) is 0 Å². The Morgan fingerprint density at radius 2 is 1.78 bits per heavy atom. The van der Waals surface area contributed by atoms with Crippen LogP contribution in [0, 0.1) is 11.3 Å². The molecule has 1 fully saturated rings. The average molecular weight is 254 g/mol. The summed E-state index contributed by atoms with van der Waals surface area (Å²) in [5.41, 5.74) is -0.291. The number of hydrogen-bond donors (Lipinski definition) is 0. The van der Waals surface area contributed by atoms with Crippen molar-refractivity contribution in [2.75, 3.05) is 0 Å². The first-order valence-corrected chi connectivity index (χ1v) is 7.69. The Labute approximate surface area is 112 Å². The fourth-order valence-corrected chi connectivity index (χ4v) is 2.93. The Kier molecular flexibility index (Phi) is 6.17. The first kappa shape index (κ1) is 15.5. The van der Waals surface area contributed by atoms with E-state index in [4.69, 9.17) is 4.74 Å². The molecule has 2 heteroatoms. The van der Waals surface area contributed by atoms with Crippen LogP contribution in [0.3, 0.4) is 0 Å². The summed E-state index contributed by atoms with van der Waals surface area (Å²) >= 11 is 0. The molecule has 0 radical (unpaired) electrons. The third kappa shape index (κ3) is 4.62. The third-order valence-electron chi connectivity index (χ3n) is 4.21. The van der Waals surface area contributed by atoms with Crippen LogP contribution in [-0.2, 0) is 9.53 Å². The van der Waals surface area contributed by atoms with Crippen LogP contribution >= 0.6 is 0 Å². The molecule has 1 unspecified atom stereocenters. The third-order valence-corrected chi connectivity index (χ3v) is 4.21. The number of esters is 1. The molecule has 1 rings (SSSR count). The standard InChI is InChI=1S/C16H30O2/c1-5-16(4,12-13(2)3)15(17)18-14-10-8-6-7-9-11-14/h13-14H,5-12H2,1-4H3. The SMILES string of the molecule is CCC(C)(CC(C)C)C(=O)OC1CCCCCC1. The minimum Gasteiger partial charge on any atom is -0.462 e. The van der Waals surface area contributed by atoms with E-state index in [-0.39, 0.29) is 17.5 Å². The Morgan fingerprint density at radius 1 is 1.22 bits per heavy atom. The number of ether oxygens (including phenoxy) is 1. The molecule has 0 bridgehead atoms. The zero-order chi connectivity index (χ0) is 13.6. The lowest BCUT2D eigenvalue weighted by molar-refractivity contribution is -0.162. The zero-order valence-corrected chi connectivity index (χ0v) is 12.6. The van der Waals surface area contributed by atoms with Crippen LogP contribution in [0.15, 0.2) is 0 Å². The van der Waals surface area contributed by atoms with Crippen molar-refractivity contribution in [3.05, 3.63) is 0 Å². The summed E-state index contributed by atoms with van der Waals surface area (Å²) in [6.07, 6.45) is 9.12. The normalized spacial score (nSPS) is 21.4. The highest BCUT2D eigenvalue weighted by atomic mass is 16.5. The number of rotatable bonds is 5. The molecule has 0 N–H and O–H groups in total. The van der Waals surface area contributed by atoms with Crippen molar-refractivity contribution < 1.29 is 9.53 Å². The monoisotopic (exact) mass is 254 g/mol. The smallest absolute Gasteiger partial charge is 0.312 e. The van der Waals surface area contributed by atoms with Crippen molar-refractivity contribution in [2.45, 2.75) is 85.2 Å². The van der Waals surface area contributed by atoms with E-state index in [1.807, 2.05) is 0 Å². The quantitative estimate of drug-likeness (QED) is 0.524. The van der Waals surface area contributed by atoms with E-state index >= 15 is 0 Å². The molecule has 1 aliphatic carbocycles. The van der Waals surface area contributed by atoms with Crippen molar-refractivity contribution in [1.29, 1.82) is 0 Å². The highest BCUT2D eigenvalue weighted by Gasteiger charge is 2.35. The van der Waals surface area contributed by atoms with E-state index < -0.39 is 0 Å². The van der Waals surface area contributed by atoms with Crippen molar-refractivity contribution in [3.63, 3.8) is 0 Å². The molecule has 18 heavy (non-hydrogen) atoms. The van der Waals surface area contributed by atoms with Gasteiger partial charge in [0.2, 0.25) is 0 Å². The molecule has 0 aliphatic heterocycles. The molecule has 0 aromatic rings. The Balaban J connectivity index is 2.55. The minimum absolute atomic E-state index is 0.0330. The van der Waals surface area contributed by atoms with Crippen LogP contribution in [-0.4, -0.2) is 12.1 Å². The zero-order valence-electron chi connectivity index (χ0n) is 12.6. The highest BCUT2D eigenvalue weighted by molar-refractivity contribution is 5.76. The summed E-state index contributed by atoms with van der Waals surface area (Å²) in [6, 6.07) is 0. The van der Waals surface area contributed by atoms with Crippen LogP contribution in [0.5, 0.6) is 0 Å². The van der Waals surface area contributed by atoms with Crippen LogP contribution in [0.2, 0.25) is 0 Å². The molecule has 1 atom stereocenters. The van der Waals surface area contributed by atoms with Crippen LogP contribution in [0.25, 0.3) is 0 Å². The second kappa shape index (κ2) is 7.16. The van der Waals surface area contributed by atoms with Gasteiger partial charge in [0.25, 0.3) is 0 Å². The lowest BCUT2D eigenvalue weighted by Gasteiger charge is -2.30. The number of carbonyl (C=O) groups is 1. The second-order valence-electron chi connectivity index (χ2n) is 6.53. The van der Waals surface area contributed by atoms with Gasteiger partial charge in [-0.1, -0.05) is 33.6 Å². The predicted octanol–water partition coefficient (Wildman–Crippen LogP) is 4.71. The van der Waals surface area contributed by atoms with Gasteiger partial charge < -0.3 is 4.74 Å². The Bertz CT molecular complexity index is 252. The van der Waals surface area contributed by atoms with E-state index in [0.717, 1.165) is 25.7 Å². The fourth-order valence-electron chi connectivity index (χ4n) is 2.93. The van der Waals surface area contributed by atoms with E-state index in [9.17, 15) is 4.79 Å². The minimum atomic E-state index is -0.291. The lowest BCUT2D eigenvalue weighted by Crippen LogP contribution is -2.33. The van der Waals surface area contributed by atoms with E-state index in [1.165, 1.54) is 25.7 Å². The maximum absolute atomic E-state index is 12.4. The Hall–Kier alpha value is -0.530. The second-order valence-corrected chi connectivity index (χ2v) is 6.53. The summed E-state index contributed by atoms with van der Waals surface area (Å²) in [5, 5.41) is 0. The predicted molar refractivity (Wildman–Crippen MR) is 75.4 cm³/mol. The largest absolute Gasteiger partial charge is 0.462 e. The highest BCUT2D eigenvalue weighted by Crippen LogP contribution is 2.33. The summed E-state index contributed by atoms with van der Waals surface area (Å²) in [4.78, 5) is 12.4. The van der Waals surface area contributed by atoms with Gasteiger partial charge in [-0.2, -0.15) is 0 Å². The van der Waals surface area contributed by atoms with Gasteiger partial charge in [-0.05, 0) is 51.4 Å². The van der Waals surface area contributed by atoms with Crippen LogP contribution in [0.4, 0.5) is 0 Å². The molecule has 0 saturated heterocycles. The number of hydrogen-bond acceptors (Lipinski definition) is 2. The molecular formula is C16H30O2. The molecule has 0 aromatic carbocycles. The molecule has 0 heterocycles. The summed E-state index contributed by atoms with van der Waals surface area (Å²) in [7, 11) is 0. The van der Waals surface area contributed by atoms with Gasteiger partial charge in [0, 0.05) is 0 Å². The van der Waals surface area contributed by atoms with Gasteiger partial charge in [0.1, 0.15) is 6.10 Å². The molecule has 0 aromatic heterocycles. The molecule has 106 valence electrons. The lowest BCUT2D eigenvalue weighted by atomic mass is 9.80. The molecule has 0 spiro atoms. The average Bonchev–Trinajstić information content (AvgIpc) is 2.56. The Morgan fingerprint density at radius 3 is 2.22 bits per heavy atom. The van der Waals surface area contributed by atoms with Gasteiger partial charge >= 0.3 is 5.97 Å². The van der Waals surface area contributed by atoms with Gasteiger partial charge in [-0.3, -0.25) is 4.79 Å². The van der Waals surface area contributed by atoms with E-state index in [1.54, 1.807) is 0 Å². The van der Waals surface area contributed by atoms with Crippen molar-refractivity contribution in [3.8, 4) is 0 Å². The first-order valence-electron chi connectivity index (χ1n) is 7.69. The van der Waals surface area contributed by atoms with Gasteiger partial charge in [0.05, 0.1) is 5.41 Å². The fraction of sp³-hybridized carbons (Fsp3) is 0.938. The molecule has 1 aliphatic rings. The summed E-state index contributed by atoms with van der Waals surface area (Å²) in [5.74, 6) is 0.572. The topological polar surface area (TPSA) is 26.3 Å². The first-order chi connectivity index (χ1) is 8.48. The van der Waals surface area contributed by atoms with Gasteiger partial charge in [-0.15, -0.1) is 0 Å². The molecule has 2 nitrogen and oxygen atoms in total. The van der Waals surface area contributed by atoms with Crippen molar-refractivity contribution >= 4 is 5.97 Å². The van der Waals surface area contributed by atoms with Crippen LogP contribution in [0.1, 0.15) is 79.1 Å². The van der Waals surface area contributed by atoms with E-state index in [0.29, 0.717) is 5.92 Å². The van der Waals surface area contributed by atoms with Gasteiger partial charge in [-0.25, -0.2) is 0 Å². The molecular weight excluding hydrogens is 224 g/mol. The van der Waals surface area contributed by atoms with Gasteiger partial charge in [0.15, 0.2) is 0 Å². The number of carbonyl (C=O) groups excluding carboxylic acids is 1. The molecule has 1 saturated carbocycles. The van der Waals surface area contributed by atoms with Crippen molar-refractivity contribution in [2.24, 2.45) is 11.3 Å². The van der Waals surface area contributed by atoms with Crippen LogP contribution < -0.4 is 0 Å².